The van der Waals surface area contributed by atoms with Crippen LogP contribution in [-0.2, 0) is 26.3 Å². The number of aryl methyl sites for hydroxylation is 1. The van der Waals surface area contributed by atoms with E-state index < -0.39 is 17.6 Å². The van der Waals surface area contributed by atoms with E-state index in [1.54, 1.807) is 54.3 Å². The van der Waals surface area contributed by atoms with Gasteiger partial charge >= 0.3 is 6.18 Å². The lowest BCUT2D eigenvalue weighted by atomic mass is 9.97. The van der Waals surface area contributed by atoms with E-state index in [1.165, 1.54) is 23.8 Å². The van der Waals surface area contributed by atoms with Gasteiger partial charge in [-0.2, -0.15) is 18.4 Å². The van der Waals surface area contributed by atoms with Gasteiger partial charge in [-0.15, -0.1) is 10.2 Å². The van der Waals surface area contributed by atoms with E-state index in [-0.39, 0.29) is 29.5 Å². The Morgan fingerprint density at radius 2 is 1.87 bits per heavy atom. The number of nitriles is 1. The number of aromatic nitrogens is 4. The van der Waals surface area contributed by atoms with Crippen LogP contribution in [0.1, 0.15) is 65.7 Å². The van der Waals surface area contributed by atoms with Gasteiger partial charge in [0.25, 0.3) is 5.91 Å². The minimum Gasteiger partial charge on any atom is -0.368 e. The van der Waals surface area contributed by atoms with E-state index in [2.05, 4.69) is 26.5 Å². The lowest BCUT2D eigenvalue weighted by Crippen LogP contribution is -2.25. The Balaban J connectivity index is 1.31. The summed E-state index contributed by atoms with van der Waals surface area (Å²) in [6.07, 6.45) is 0.370. The molecule has 3 aliphatic rings. The van der Waals surface area contributed by atoms with Gasteiger partial charge in [-0.05, 0) is 110 Å². The Morgan fingerprint density at radius 3 is 2.52 bits per heavy atom. The molecule has 9 nitrogen and oxygen atoms in total. The smallest absolute Gasteiger partial charge is 0.368 e. The highest BCUT2D eigenvalue weighted by Crippen LogP contribution is 2.53. The molecule has 2 aromatic heterocycles. The van der Waals surface area contributed by atoms with Gasteiger partial charge in [0.2, 0.25) is 0 Å². The zero-order valence-corrected chi connectivity index (χ0v) is 25.8. The molecule has 4 heterocycles. The van der Waals surface area contributed by atoms with Crippen LogP contribution < -0.4 is 10.2 Å². The first-order valence-electron chi connectivity index (χ1n) is 15.4. The second-order valence-corrected chi connectivity index (χ2v) is 13.1. The fourth-order valence-electron chi connectivity index (χ4n) is 6.76. The maximum Gasteiger partial charge on any atom is 0.416 e. The van der Waals surface area contributed by atoms with Crippen LogP contribution in [0.4, 0.5) is 24.8 Å². The maximum absolute atomic E-state index is 14.5. The summed E-state index contributed by atoms with van der Waals surface area (Å²) in [5.74, 6) is 0.686. The Bertz CT molecular complexity index is 1900. The van der Waals surface area contributed by atoms with E-state index in [4.69, 9.17) is 4.98 Å². The van der Waals surface area contributed by atoms with Crippen LogP contribution in [0, 0.1) is 16.7 Å². The number of anilines is 2. The van der Waals surface area contributed by atoms with Gasteiger partial charge in [0.05, 0.1) is 23.7 Å². The first kappa shape index (κ1) is 29.9. The number of carbonyl (C=O) groups is 1. The van der Waals surface area contributed by atoms with E-state index in [0.29, 0.717) is 51.4 Å². The second-order valence-electron chi connectivity index (χ2n) is 13.1. The Kier molecular flexibility index (Phi) is 7.12. The number of fused-ring (bicyclic) bond motifs is 1. The highest BCUT2D eigenvalue weighted by atomic mass is 19.4. The van der Waals surface area contributed by atoms with Crippen LogP contribution >= 0.6 is 0 Å². The molecular weight excluding hydrogens is 593 g/mol. The molecule has 7 rings (SSSR count). The molecule has 12 heteroatoms. The van der Waals surface area contributed by atoms with Gasteiger partial charge in [0.1, 0.15) is 18.0 Å². The molecule has 4 aromatic rings. The molecule has 46 heavy (non-hydrogen) atoms. The Hall–Kier alpha value is -4.76. The summed E-state index contributed by atoms with van der Waals surface area (Å²) in [6, 6.07) is 13.7. The number of rotatable bonds is 7. The number of carbonyl (C=O) groups excluding carboxylic acids is 1. The van der Waals surface area contributed by atoms with E-state index in [1.807, 2.05) is 13.8 Å². The van der Waals surface area contributed by atoms with Crippen molar-refractivity contribution in [3.05, 3.63) is 76.6 Å². The van der Waals surface area contributed by atoms with Crippen molar-refractivity contribution in [1.82, 2.24) is 24.6 Å². The van der Waals surface area contributed by atoms with Crippen LogP contribution in [0.25, 0.3) is 22.5 Å². The van der Waals surface area contributed by atoms with E-state index in [9.17, 15) is 23.2 Å². The first-order valence-corrected chi connectivity index (χ1v) is 15.4. The third-order valence-electron chi connectivity index (χ3n) is 9.22. The number of nitrogens with zero attached hydrogens (tertiary/aromatic N) is 7. The molecule has 1 aliphatic carbocycles. The minimum atomic E-state index is -4.62. The molecule has 1 N–H and O–H groups in total. The predicted octanol–water partition coefficient (Wildman–Crippen LogP) is 6.40. The molecule has 236 valence electrons. The number of benzene rings is 2. The van der Waals surface area contributed by atoms with Crippen LogP contribution in [0.2, 0.25) is 0 Å². The van der Waals surface area contributed by atoms with Crippen LogP contribution in [0.15, 0.2) is 48.8 Å². The Labute approximate surface area is 264 Å². The summed E-state index contributed by atoms with van der Waals surface area (Å²) < 4.78 is 45.2. The summed E-state index contributed by atoms with van der Waals surface area (Å²) in [6.45, 7) is 5.73. The van der Waals surface area contributed by atoms with Gasteiger partial charge in [0, 0.05) is 37.3 Å². The molecule has 0 radical (unpaired) electrons. The topological polar surface area (TPSA) is 103 Å². The van der Waals surface area contributed by atoms with E-state index >= 15 is 0 Å². The average molecular weight is 627 g/mol. The zero-order chi connectivity index (χ0) is 32.4. The van der Waals surface area contributed by atoms with Crippen LogP contribution in [0.5, 0.6) is 0 Å². The molecule has 0 unspecified atom stereocenters. The SMILES string of the molecule is CC(C)Nc1cc(-c2cc(C#N)ccc2-c2nncn2C)cc(N2Cc3c(cc(CN4CCC5(CC5)C4)cc3C(F)(F)F)C2=O)n1. The number of halogens is 3. The molecule has 2 aliphatic heterocycles. The van der Waals surface area contributed by atoms with Gasteiger partial charge in [0.15, 0.2) is 5.82 Å². The molecule has 1 saturated heterocycles. The zero-order valence-electron chi connectivity index (χ0n) is 25.8. The van der Waals surface area contributed by atoms with Crippen LogP contribution in [-0.4, -0.2) is 49.7 Å². The van der Waals surface area contributed by atoms with Crippen molar-refractivity contribution < 1.29 is 18.0 Å². The summed E-state index contributed by atoms with van der Waals surface area (Å²) in [5.41, 5.74) is 2.44. The van der Waals surface area contributed by atoms with Crippen molar-refractivity contribution in [2.75, 3.05) is 23.3 Å². The summed E-state index contributed by atoms with van der Waals surface area (Å²) >= 11 is 0. The molecule has 1 saturated carbocycles. The largest absolute Gasteiger partial charge is 0.416 e. The molecule has 1 amide bonds. The minimum absolute atomic E-state index is 0.0227. The number of alkyl halides is 3. The van der Waals surface area contributed by atoms with Crippen molar-refractivity contribution in [2.45, 2.75) is 58.4 Å². The number of pyridine rings is 1. The Morgan fingerprint density at radius 1 is 1.07 bits per heavy atom. The second kappa shape index (κ2) is 10.9. The third-order valence-corrected chi connectivity index (χ3v) is 9.22. The van der Waals surface area contributed by atoms with Crippen LogP contribution in [0.3, 0.4) is 0 Å². The third kappa shape index (κ3) is 5.49. The number of amides is 1. The molecular formula is C34H33F3N8O. The fraction of sp³-hybridized carbons (Fsp3) is 0.382. The summed E-state index contributed by atoms with van der Waals surface area (Å²) in [5, 5.41) is 21.2. The van der Waals surface area contributed by atoms with Crippen molar-refractivity contribution in [3.8, 4) is 28.6 Å². The van der Waals surface area contributed by atoms with Gasteiger partial charge in [-0.25, -0.2) is 4.98 Å². The number of nitrogens with one attached hydrogen (secondary N) is 1. The van der Waals surface area contributed by atoms with Gasteiger partial charge in [-0.3, -0.25) is 14.6 Å². The van der Waals surface area contributed by atoms with Crippen molar-refractivity contribution >= 4 is 17.5 Å². The van der Waals surface area contributed by atoms with E-state index in [0.717, 1.165) is 19.5 Å². The molecule has 2 aromatic carbocycles. The predicted molar refractivity (Wildman–Crippen MR) is 167 cm³/mol. The number of likely N-dealkylation sites (tertiary alicyclic amines) is 1. The summed E-state index contributed by atoms with van der Waals surface area (Å²) in [7, 11) is 1.81. The quantitative estimate of drug-likeness (QED) is 0.253. The number of hydrogen-bond acceptors (Lipinski definition) is 7. The fourth-order valence-corrected chi connectivity index (χ4v) is 6.76. The standard InChI is InChI=1S/C34H33F3N8O/c1-20(2)40-29-13-23(25-10-21(15-38)4-5-24(25)31-42-39-19-43(31)3)14-30(41-29)45-17-27-26(32(45)46)11-22(12-28(27)34(35,36)37)16-44-9-8-33(18-44)6-7-33/h4-5,10-14,19-20H,6-9,16-18H2,1-3H3,(H,40,41). The highest BCUT2D eigenvalue weighted by molar-refractivity contribution is 6.10. The van der Waals surface area contributed by atoms with Gasteiger partial charge < -0.3 is 9.88 Å². The molecule has 0 atom stereocenters. The first-order chi connectivity index (χ1) is 21.9. The lowest BCUT2D eigenvalue weighted by Gasteiger charge is -2.20. The molecule has 0 bridgehead atoms. The van der Waals surface area contributed by atoms with Crippen molar-refractivity contribution in [2.24, 2.45) is 12.5 Å². The van der Waals surface area contributed by atoms with Gasteiger partial charge in [-0.1, -0.05) is 0 Å². The average Bonchev–Trinajstić information content (AvgIpc) is 3.27. The molecule has 1 spiro atoms. The monoisotopic (exact) mass is 626 g/mol. The van der Waals surface area contributed by atoms with Crippen molar-refractivity contribution in [3.63, 3.8) is 0 Å². The normalized spacial score (nSPS) is 17.2. The lowest BCUT2D eigenvalue weighted by molar-refractivity contribution is -0.138. The van der Waals surface area contributed by atoms with Crippen molar-refractivity contribution in [1.29, 1.82) is 5.26 Å². The number of hydrogen-bond donors (Lipinski definition) is 1. The molecule has 2 fully saturated rings. The summed E-state index contributed by atoms with van der Waals surface area (Å²) in [4.78, 5) is 22.2. The maximum atomic E-state index is 14.5. The highest BCUT2D eigenvalue weighted by Gasteiger charge is 2.47.